The molecule has 2 aromatic rings. The standard InChI is InChI=1S/C21H32N4O2S.HI/c1-5-22-21(23-13-9-10-14-27-19-11-7-6-8-12-19)25(3)15-18-16-28-20(24-18)17(2)26-4;/h6-8,11-12,16-17H,5,9-10,13-15H2,1-4H3,(H,22,23);1H. The summed E-state index contributed by atoms with van der Waals surface area (Å²) in [7, 11) is 3.75. The van der Waals surface area contributed by atoms with E-state index in [2.05, 4.69) is 27.5 Å². The van der Waals surface area contributed by atoms with E-state index < -0.39 is 0 Å². The number of benzene rings is 1. The number of methoxy groups -OCH3 is 1. The minimum atomic E-state index is 0. The lowest BCUT2D eigenvalue weighted by molar-refractivity contribution is 0.119. The highest BCUT2D eigenvalue weighted by molar-refractivity contribution is 14.0. The summed E-state index contributed by atoms with van der Waals surface area (Å²) in [5, 5.41) is 6.45. The quantitative estimate of drug-likeness (QED) is 0.196. The van der Waals surface area contributed by atoms with E-state index in [0.29, 0.717) is 6.61 Å². The molecule has 0 radical (unpaired) electrons. The van der Waals surface area contributed by atoms with Gasteiger partial charge in [-0.25, -0.2) is 4.98 Å². The molecule has 1 heterocycles. The number of para-hydroxylation sites is 1. The maximum Gasteiger partial charge on any atom is 0.194 e. The number of guanidine groups is 1. The SMILES string of the molecule is CCNC(=NCCCCOc1ccccc1)N(C)Cc1csc(C(C)OC)n1.I. The molecule has 0 bridgehead atoms. The number of thiazole rings is 1. The summed E-state index contributed by atoms with van der Waals surface area (Å²) in [4.78, 5) is 11.5. The summed E-state index contributed by atoms with van der Waals surface area (Å²) in [5.74, 6) is 1.82. The summed E-state index contributed by atoms with van der Waals surface area (Å²) in [5.41, 5.74) is 1.04. The van der Waals surface area contributed by atoms with Crippen molar-refractivity contribution in [2.45, 2.75) is 39.3 Å². The Balaban J connectivity index is 0.00000420. The first-order chi connectivity index (χ1) is 13.6. The number of nitrogens with one attached hydrogen (secondary N) is 1. The normalized spacial score (nSPS) is 12.2. The van der Waals surface area contributed by atoms with Crippen molar-refractivity contribution >= 4 is 41.3 Å². The molecular formula is C21H33IN4O2S. The van der Waals surface area contributed by atoms with E-state index in [-0.39, 0.29) is 30.1 Å². The summed E-state index contributed by atoms with van der Waals surface area (Å²) < 4.78 is 11.1. The highest BCUT2D eigenvalue weighted by Gasteiger charge is 2.12. The molecule has 0 fully saturated rings. The van der Waals surface area contributed by atoms with E-state index in [1.165, 1.54) is 0 Å². The molecule has 162 valence electrons. The van der Waals surface area contributed by atoms with E-state index in [1.54, 1.807) is 18.4 Å². The minimum Gasteiger partial charge on any atom is -0.494 e. The van der Waals surface area contributed by atoms with Gasteiger partial charge in [0.2, 0.25) is 0 Å². The first-order valence-corrected chi connectivity index (χ1v) is 10.7. The fourth-order valence-corrected chi connectivity index (χ4v) is 3.42. The average Bonchev–Trinajstić information content (AvgIpc) is 3.18. The molecule has 8 heteroatoms. The molecule has 0 saturated carbocycles. The molecule has 0 aliphatic rings. The van der Waals surface area contributed by atoms with E-state index >= 15 is 0 Å². The van der Waals surface area contributed by atoms with Crippen LogP contribution in [0, 0.1) is 0 Å². The van der Waals surface area contributed by atoms with Crippen LogP contribution in [-0.2, 0) is 11.3 Å². The third-order valence-corrected chi connectivity index (χ3v) is 5.25. The summed E-state index contributed by atoms with van der Waals surface area (Å²) in [6.45, 7) is 7.13. The van der Waals surface area contributed by atoms with Gasteiger partial charge in [0.25, 0.3) is 0 Å². The monoisotopic (exact) mass is 532 g/mol. The summed E-state index contributed by atoms with van der Waals surface area (Å²) in [6.07, 6.45) is 2.00. The molecular weight excluding hydrogens is 499 g/mol. The number of rotatable bonds is 11. The van der Waals surface area contributed by atoms with E-state index in [4.69, 9.17) is 14.5 Å². The smallest absolute Gasteiger partial charge is 0.194 e. The Labute approximate surface area is 195 Å². The van der Waals surface area contributed by atoms with Crippen molar-refractivity contribution in [3.05, 3.63) is 46.4 Å². The Morgan fingerprint density at radius 3 is 2.72 bits per heavy atom. The van der Waals surface area contributed by atoms with Crippen molar-refractivity contribution in [1.29, 1.82) is 0 Å². The molecule has 0 aliphatic carbocycles. The molecule has 1 unspecified atom stereocenters. The molecule has 1 atom stereocenters. The van der Waals surface area contributed by atoms with Gasteiger partial charge in [-0.2, -0.15) is 0 Å². The number of hydrogen-bond acceptors (Lipinski definition) is 5. The second-order valence-corrected chi connectivity index (χ2v) is 7.41. The molecule has 2 rings (SSSR count). The lowest BCUT2D eigenvalue weighted by Gasteiger charge is -2.21. The van der Waals surface area contributed by atoms with Crippen LogP contribution >= 0.6 is 35.3 Å². The summed E-state index contributed by atoms with van der Waals surface area (Å²) in [6, 6.07) is 9.92. The van der Waals surface area contributed by atoms with E-state index in [9.17, 15) is 0 Å². The predicted octanol–water partition coefficient (Wildman–Crippen LogP) is 4.73. The fourth-order valence-electron chi connectivity index (χ4n) is 2.58. The Hall–Kier alpha value is -1.39. The number of nitrogens with zero attached hydrogens (tertiary/aromatic N) is 3. The zero-order chi connectivity index (χ0) is 20.2. The van der Waals surface area contributed by atoms with Gasteiger partial charge in [0, 0.05) is 32.6 Å². The molecule has 1 aromatic carbocycles. The van der Waals surface area contributed by atoms with Crippen LogP contribution in [0.2, 0.25) is 0 Å². The minimum absolute atomic E-state index is 0. The molecule has 0 amide bonds. The number of ether oxygens (including phenoxy) is 2. The van der Waals surface area contributed by atoms with E-state index in [0.717, 1.165) is 54.9 Å². The van der Waals surface area contributed by atoms with Crippen LogP contribution in [0.15, 0.2) is 40.7 Å². The Morgan fingerprint density at radius 2 is 2.03 bits per heavy atom. The number of aromatic nitrogens is 1. The number of aliphatic imine (C=N–C) groups is 1. The number of hydrogen-bond donors (Lipinski definition) is 1. The maximum absolute atomic E-state index is 5.73. The van der Waals surface area contributed by atoms with Gasteiger partial charge in [-0.3, -0.25) is 4.99 Å². The molecule has 29 heavy (non-hydrogen) atoms. The van der Waals surface area contributed by atoms with Gasteiger partial charge in [-0.1, -0.05) is 18.2 Å². The van der Waals surface area contributed by atoms with Crippen LogP contribution in [0.5, 0.6) is 5.75 Å². The zero-order valence-electron chi connectivity index (χ0n) is 17.8. The van der Waals surface area contributed by atoms with Gasteiger partial charge >= 0.3 is 0 Å². The highest BCUT2D eigenvalue weighted by atomic mass is 127. The molecule has 1 aromatic heterocycles. The van der Waals surface area contributed by atoms with Gasteiger partial charge in [0.05, 0.1) is 18.8 Å². The van der Waals surface area contributed by atoms with Crippen molar-refractivity contribution in [1.82, 2.24) is 15.2 Å². The number of unbranched alkanes of at least 4 members (excludes halogenated alkanes) is 1. The zero-order valence-corrected chi connectivity index (χ0v) is 20.9. The lowest BCUT2D eigenvalue weighted by Crippen LogP contribution is -2.38. The molecule has 0 aliphatic heterocycles. The molecule has 1 N–H and O–H groups in total. The maximum atomic E-state index is 5.73. The highest BCUT2D eigenvalue weighted by Crippen LogP contribution is 2.20. The van der Waals surface area contributed by atoms with Crippen molar-refractivity contribution in [3.63, 3.8) is 0 Å². The topological polar surface area (TPSA) is 59.0 Å². The van der Waals surface area contributed by atoms with Crippen molar-refractivity contribution in [3.8, 4) is 5.75 Å². The van der Waals surface area contributed by atoms with Crippen molar-refractivity contribution < 1.29 is 9.47 Å². The Kier molecular flexibility index (Phi) is 12.9. The van der Waals surface area contributed by atoms with Crippen LogP contribution in [-0.4, -0.2) is 49.7 Å². The Morgan fingerprint density at radius 1 is 1.28 bits per heavy atom. The van der Waals surface area contributed by atoms with Gasteiger partial charge < -0.3 is 19.7 Å². The van der Waals surface area contributed by atoms with Crippen LogP contribution in [0.25, 0.3) is 0 Å². The fraction of sp³-hybridized carbons (Fsp3) is 0.524. The Bertz CT molecular complexity index is 712. The van der Waals surface area contributed by atoms with E-state index in [1.807, 2.05) is 44.3 Å². The van der Waals surface area contributed by atoms with Crippen LogP contribution in [0.3, 0.4) is 0 Å². The van der Waals surface area contributed by atoms with Crippen LogP contribution < -0.4 is 10.1 Å². The summed E-state index contributed by atoms with van der Waals surface area (Å²) >= 11 is 1.64. The van der Waals surface area contributed by atoms with Crippen molar-refractivity contribution in [2.75, 3.05) is 33.9 Å². The first kappa shape index (κ1) is 25.6. The largest absolute Gasteiger partial charge is 0.494 e. The van der Waals surface area contributed by atoms with Gasteiger partial charge in [-0.15, -0.1) is 35.3 Å². The van der Waals surface area contributed by atoms with Gasteiger partial charge in [0.1, 0.15) is 16.9 Å². The van der Waals surface area contributed by atoms with Crippen LogP contribution in [0.1, 0.15) is 43.5 Å². The predicted molar refractivity (Wildman–Crippen MR) is 132 cm³/mol. The third-order valence-electron chi connectivity index (χ3n) is 4.19. The second-order valence-electron chi connectivity index (χ2n) is 6.52. The first-order valence-electron chi connectivity index (χ1n) is 9.78. The molecule has 6 nitrogen and oxygen atoms in total. The molecule has 0 spiro atoms. The van der Waals surface area contributed by atoms with Gasteiger partial charge in [-0.05, 0) is 38.8 Å². The van der Waals surface area contributed by atoms with Gasteiger partial charge in [0.15, 0.2) is 5.96 Å². The number of halogens is 1. The molecule has 0 saturated heterocycles. The third kappa shape index (κ3) is 9.31. The van der Waals surface area contributed by atoms with Crippen molar-refractivity contribution in [2.24, 2.45) is 4.99 Å². The van der Waals surface area contributed by atoms with Crippen LogP contribution in [0.4, 0.5) is 0 Å². The lowest BCUT2D eigenvalue weighted by atomic mass is 10.3. The average molecular weight is 532 g/mol. The second kappa shape index (κ2) is 14.6.